The van der Waals surface area contributed by atoms with Gasteiger partial charge in [-0.3, -0.25) is 4.40 Å². The third kappa shape index (κ3) is 2.04. The molecule has 1 aromatic carbocycles. The summed E-state index contributed by atoms with van der Waals surface area (Å²) in [5.41, 5.74) is 0.538. The first-order valence-corrected chi connectivity index (χ1v) is 6.18. The first-order chi connectivity index (χ1) is 8.74. The topological polar surface area (TPSA) is 52.3 Å². The van der Waals surface area contributed by atoms with Crippen LogP contribution in [-0.2, 0) is 0 Å². The predicted molar refractivity (Wildman–Crippen MR) is 70.0 cm³/mol. The second-order valence-corrected chi connectivity index (χ2v) is 4.79. The minimum Gasteiger partial charge on any atom is -0.434 e. The zero-order valence-electron chi connectivity index (χ0n) is 8.92. The molecule has 0 N–H and O–H groups in total. The van der Waals surface area contributed by atoms with Crippen molar-refractivity contribution >= 4 is 33.2 Å². The van der Waals surface area contributed by atoms with E-state index in [-0.39, 0.29) is 0 Å². The molecular formula is C11H6BrClN4O. The average molecular weight is 326 g/mol. The van der Waals surface area contributed by atoms with Gasteiger partial charge in [0.25, 0.3) is 5.88 Å². The van der Waals surface area contributed by atoms with Gasteiger partial charge in [-0.25, -0.2) is 4.98 Å². The van der Waals surface area contributed by atoms with Gasteiger partial charge < -0.3 is 4.74 Å². The van der Waals surface area contributed by atoms with Gasteiger partial charge in [0.15, 0.2) is 0 Å². The summed E-state index contributed by atoms with van der Waals surface area (Å²) in [5, 5.41) is 8.22. The van der Waals surface area contributed by atoms with Crippen molar-refractivity contribution in [1.82, 2.24) is 19.6 Å². The van der Waals surface area contributed by atoms with Crippen molar-refractivity contribution < 1.29 is 4.74 Å². The van der Waals surface area contributed by atoms with Crippen LogP contribution in [0.25, 0.3) is 5.65 Å². The molecule has 0 fully saturated rings. The molecule has 90 valence electrons. The SMILES string of the molecule is Clc1cc(Br)ccc1Oc1nccn2cnnc12. The molecule has 0 radical (unpaired) electrons. The second kappa shape index (κ2) is 4.55. The zero-order valence-corrected chi connectivity index (χ0v) is 11.3. The van der Waals surface area contributed by atoms with Crippen LogP contribution < -0.4 is 4.74 Å². The van der Waals surface area contributed by atoms with Gasteiger partial charge in [-0.15, -0.1) is 10.2 Å². The molecule has 0 saturated carbocycles. The fourth-order valence-corrected chi connectivity index (χ4v) is 2.18. The molecule has 0 unspecified atom stereocenters. The third-order valence-corrected chi connectivity index (χ3v) is 3.07. The number of hydrogen-bond acceptors (Lipinski definition) is 4. The molecule has 18 heavy (non-hydrogen) atoms. The third-order valence-electron chi connectivity index (χ3n) is 2.28. The van der Waals surface area contributed by atoms with Crippen molar-refractivity contribution in [1.29, 1.82) is 0 Å². The zero-order chi connectivity index (χ0) is 12.5. The Morgan fingerprint density at radius 2 is 2.22 bits per heavy atom. The number of hydrogen-bond donors (Lipinski definition) is 0. The molecule has 2 heterocycles. The highest BCUT2D eigenvalue weighted by Crippen LogP contribution is 2.31. The highest BCUT2D eigenvalue weighted by molar-refractivity contribution is 9.10. The van der Waals surface area contributed by atoms with Crippen LogP contribution in [-0.4, -0.2) is 19.6 Å². The maximum atomic E-state index is 6.08. The molecular weight excluding hydrogens is 320 g/mol. The molecule has 3 rings (SSSR count). The molecule has 0 spiro atoms. The number of halogens is 2. The number of fused-ring (bicyclic) bond motifs is 1. The Hall–Kier alpha value is -1.66. The van der Waals surface area contributed by atoms with Gasteiger partial charge >= 0.3 is 0 Å². The summed E-state index contributed by atoms with van der Waals surface area (Å²) in [4.78, 5) is 4.12. The van der Waals surface area contributed by atoms with Crippen molar-refractivity contribution in [2.24, 2.45) is 0 Å². The van der Waals surface area contributed by atoms with E-state index in [2.05, 4.69) is 31.1 Å². The summed E-state index contributed by atoms with van der Waals surface area (Å²) in [6.45, 7) is 0. The Kier molecular flexibility index (Phi) is 2.89. The van der Waals surface area contributed by atoms with E-state index < -0.39 is 0 Å². The lowest BCUT2D eigenvalue weighted by atomic mass is 10.3. The number of nitrogens with zero attached hydrogens (tertiary/aromatic N) is 4. The molecule has 0 aliphatic rings. The minimum absolute atomic E-state index is 0.360. The van der Waals surface area contributed by atoms with Crippen LogP contribution in [0.15, 0.2) is 41.4 Å². The van der Waals surface area contributed by atoms with Gasteiger partial charge in [-0.2, -0.15) is 0 Å². The Bertz CT molecular complexity index is 715. The quantitative estimate of drug-likeness (QED) is 0.725. The lowest BCUT2D eigenvalue weighted by Crippen LogP contribution is -1.93. The summed E-state index contributed by atoms with van der Waals surface area (Å²) in [7, 11) is 0. The van der Waals surface area contributed by atoms with Crippen LogP contribution in [0.1, 0.15) is 0 Å². The van der Waals surface area contributed by atoms with E-state index in [1.807, 2.05) is 6.07 Å². The van der Waals surface area contributed by atoms with Crippen molar-refractivity contribution in [3.05, 3.63) is 46.4 Å². The van der Waals surface area contributed by atoms with Crippen LogP contribution in [0.3, 0.4) is 0 Å². The normalized spacial score (nSPS) is 10.8. The van der Waals surface area contributed by atoms with Gasteiger partial charge in [-0.1, -0.05) is 27.5 Å². The van der Waals surface area contributed by atoms with Crippen molar-refractivity contribution in [3.8, 4) is 11.6 Å². The Labute approximate surface area is 116 Å². The molecule has 0 bridgehead atoms. The minimum atomic E-state index is 0.360. The van der Waals surface area contributed by atoms with E-state index in [1.165, 1.54) is 0 Å². The number of ether oxygens (including phenoxy) is 1. The van der Waals surface area contributed by atoms with Gasteiger partial charge in [0.1, 0.15) is 12.1 Å². The Morgan fingerprint density at radius 1 is 1.33 bits per heavy atom. The van der Waals surface area contributed by atoms with E-state index in [0.717, 1.165) is 4.47 Å². The van der Waals surface area contributed by atoms with Crippen molar-refractivity contribution in [2.45, 2.75) is 0 Å². The van der Waals surface area contributed by atoms with Crippen LogP contribution in [0.2, 0.25) is 5.02 Å². The molecule has 0 atom stereocenters. The summed E-state index contributed by atoms with van der Waals surface area (Å²) in [5.74, 6) is 0.877. The molecule has 5 nitrogen and oxygen atoms in total. The lowest BCUT2D eigenvalue weighted by molar-refractivity contribution is 0.465. The predicted octanol–water partition coefficient (Wildman–Crippen LogP) is 3.33. The van der Waals surface area contributed by atoms with E-state index in [9.17, 15) is 0 Å². The molecule has 7 heteroatoms. The average Bonchev–Trinajstić information content (AvgIpc) is 2.82. The van der Waals surface area contributed by atoms with E-state index in [4.69, 9.17) is 16.3 Å². The van der Waals surface area contributed by atoms with E-state index in [1.54, 1.807) is 35.3 Å². The fraction of sp³-hybridized carbons (Fsp3) is 0. The van der Waals surface area contributed by atoms with Crippen LogP contribution in [0.5, 0.6) is 11.6 Å². The largest absolute Gasteiger partial charge is 0.434 e. The van der Waals surface area contributed by atoms with Crippen molar-refractivity contribution in [3.63, 3.8) is 0 Å². The number of rotatable bonds is 2. The van der Waals surface area contributed by atoms with E-state index >= 15 is 0 Å². The van der Waals surface area contributed by atoms with Crippen molar-refractivity contribution in [2.75, 3.05) is 0 Å². The molecule has 0 aliphatic heterocycles. The van der Waals surface area contributed by atoms with Gasteiger partial charge in [0.05, 0.1) is 5.02 Å². The first kappa shape index (κ1) is 11.4. The van der Waals surface area contributed by atoms with Gasteiger partial charge in [0.2, 0.25) is 5.65 Å². The standard InChI is InChI=1S/C11H6BrClN4O/c12-7-1-2-9(8(13)5-7)18-11-10-16-15-6-17(10)4-3-14-11/h1-6H. The molecule has 3 aromatic rings. The Morgan fingerprint density at radius 3 is 3.06 bits per heavy atom. The maximum Gasteiger partial charge on any atom is 0.265 e. The smallest absolute Gasteiger partial charge is 0.265 e. The summed E-state index contributed by atoms with van der Waals surface area (Å²) < 4.78 is 8.25. The summed E-state index contributed by atoms with van der Waals surface area (Å²) in [6, 6.07) is 5.35. The molecule has 0 saturated heterocycles. The molecule has 0 amide bonds. The van der Waals surface area contributed by atoms with Gasteiger partial charge in [-0.05, 0) is 18.2 Å². The molecule has 0 aliphatic carbocycles. The first-order valence-electron chi connectivity index (χ1n) is 5.01. The number of aromatic nitrogens is 4. The summed E-state index contributed by atoms with van der Waals surface area (Å²) in [6.07, 6.45) is 4.93. The maximum absolute atomic E-state index is 6.08. The monoisotopic (exact) mass is 324 g/mol. The number of benzene rings is 1. The highest BCUT2D eigenvalue weighted by atomic mass is 79.9. The fourth-order valence-electron chi connectivity index (χ4n) is 1.47. The second-order valence-electron chi connectivity index (χ2n) is 3.47. The Balaban J connectivity index is 2.03. The lowest BCUT2D eigenvalue weighted by Gasteiger charge is -2.07. The summed E-state index contributed by atoms with van der Waals surface area (Å²) >= 11 is 9.41. The molecule has 2 aromatic heterocycles. The van der Waals surface area contributed by atoms with Gasteiger partial charge in [0, 0.05) is 16.9 Å². The van der Waals surface area contributed by atoms with Crippen LogP contribution in [0.4, 0.5) is 0 Å². The van der Waals surface area contributed by atoms with Crippen LogP contribution in [0, 0.1) is 0 Å². The van der Waals surface area contributed by atoms with Crippen LogP contribution >= 0.6 is 27.5 Å². The van der Waals surface area contributed by atoms with E-state index in [0.29, 0.717) is 22.3 Å². The highest BCUT2D eigenvalue weighted by Gasteiger charge is 2.09.